The number of azide groups is 1. The molecule has 0 radical (unpaired) electrons. The van der Waals surface area contributed by atoms with E-state index >= 15 is 0 Å². The first-order chi connectivity index (χ1) is 9.99. The second-order valence-electron chi connectivity index (χ2n) is 4.49. The lowest BCUT2D eigenvalue weighted by atomic mass is 9.86. The van der Waals surface area contributed by atoms with Gasteiger partial charge in [-0.1, -0.05) is 11.2 Å². The largest absolute Gasteiger partial charge is 0.383 e. The van der Waals surface area contributed by atoms with E-state index in [1.807, 2.05) is 0 Å². The van der Waals surface area contributed by atoms with Crippen LogP contribution in [0.25, 0.3) is 10.4 Å². The van der Waals surface area contributed by atoms with Gasteiger partial charge in [0.2, 0.25) is 0 Å². The van der Waals surface area contributed by atoms with Crippen LogP contribution in [-0.4, -0.2) is 26.4 Å². The monoisotopic (exact) mass is 294 g/mol. The van der Waals surface area contributed by atoms with E-state index in [4.69, 9.17) is 5.53 Å². The van der Waals surface area contributed by atoms with E-state index in [9.17, 15) is 13.9 Å². The molecule has 2 atom stereocenters. The maximum Gasteiger partial charge on any atom is 0.137 e. The van der Waals surface area contributed by atoms with Crippen molar-refractivity contribution in [2.24, 2.45) is 5.11 Å². The molecule has 9 heteroatoms. The van der Waals surface area contributed by atoms with Crippen LogP contribution in [-0.2, 0) is 5.60 Å². The smallest absolute Gasteiger partial charge is 0.137 e. The number of halogens is 2. The van der Waals surface area contributed by atoms with Gasteiger partial charge in [-0.25, -0.2) is 18.4 Å². The lowest BCUT2D eigenvalue weighted by Gasteiger charge is -2.33. The van der Waals surface area contributed by atoms with Crippen molar-refractivity contribution in [2.75, 3.05) is 6.54 Å². The Kier molecular flexibility index (Phi) is 4.15. The average Bonchev–Trinajstić information content (AvgIpc) is 2.98. The summed E-state index contributed by atoms with van der Waals surface area (Å²) < 4.78 is 28.3. The molecule has 2 aromatic rings. The topological polar surface area (TPSA) is 99.7 Å². The van der Waals surface area contributed by atoms with Crippen molar-refractivity contribution < 1.29 is 13.9 Å². The molecule has 0 fully saturated rings. The van der Waals surface area contributed by atoms with E-state index in [1.54, 1.807) is 6.92 Å². The van der Waals surface area contributed by atoms with Crippen molar-refractivity contribution in [1.29, 1.82) is 0 Å². The van der Waals surface area contributed by atoms with E-state index in [0.29, 0.717) is 6.07 Å². The number of benzene rings is 1. The van der Waals surface area contributed by atoms with E-state index < -0.39 is 29.8 Å². The first-order valence-electron chi connectivity index (χ1n) is 6.02. The molecule has 2 rings (SSSR count). The van der Waals surface area contributed by atoms with Gasteiger partial charge in [0.05, 0.1) is 12.6 Å². The zero-order valence-corrected chi connectivity index (χ0v) is 11.1. The predicted octanol–water partition coefficient (Wildman–Crippen LogP) is 2.32. The number of aromatic nitrogens is 3. The lowest BCUT2D eigenvalue weighted by Crippen LogP contribution is -2.39. The average molecular weight is 294 g/mol. The number of aliphatic hydroxyl groups is 1. The van der Waals surface area contributed by atoms with Crippen LogP contribution >= 0.6 is 0 Å². The summed E-state index contributed by atoms with van der Waals surface area (Å²) in [7, 11) is 0. The van der Waals surface area contributed by atoms with E-state index in [-0.39, 0.29) is 5.56 Å². The summed E-state index contributed by atoms with van der Waals surface area (Å²) in [6, 6.07) is 2.01. The van der Waals surface area contributed by atoms with Crippen LogP contribution in [0.5, 0.6) is 0 Å². The highest BCUT2D eigenvalue weighted by atomic mass is 19.1. The molecule has 0 saturated carbocycles. The minimum absolute atomic E-state index is 0.181. The van der Waals surface area contributed by atoms with E-state index in [2.05, 4.69) is 20.1 Å². The normalized spacial score (nSPS) is 15.0. The third-order valence-electron chi connectivity index (χ3n) is 3.30. The molecule has 0 aliphatic heterocycles. The minimum Gasteiger partial charge on any atom is -0.383 e. The summed E-state index contributed by atoms with van der Waals surface area (Å²) in [5, 5.41) is 18.0. The molecule has 1 aromatic heterocycles. The van der Waals surface area contributed by atoms with Crippen LogP contribution in [0, 0.1) is 11.6 Å². The van der Waals surface area contributed by atoms with Crippen molar-refractivity contribution in [2.45, 2.75) is 18.6 Å². The molecular formula is C12H12F2N6O. The van der Waals surface area contributed by atoms with Gasteiger partial charge in [-0.05, 0) is 18.5 Å². The molecule has 0 saturated heterocycles. The zero-order chi connectivity index (χ0) is 15.5. The summed E-state index contributed by atoms with van der Waals surface area (Å²) in [6.07, 6.45) is 2.60. The van der Waals surface area contributed by atoms with Gasteiger partial charge in [0.1, 0.15) is 29.9 Å². The van der Waals surface area contributed by atoms with Crippen LogP contribution in [0.3, 0.4) is 0 Å². The third kappa shape index (κ3) is 2.83. The predicted molar refractivity (Wildman–Crippen MR) is 69.0 cm³/mol. The molecule has 1 heterocycles. The Morgan fingerprint density at radius 2 is 2.29 bits per heavy atom. The number of rotatable bonds is 5. The second kappa shape index (κ2) is 5.86. The Hall–Kier alpha value is -2.51. The molecule has 1 N–H and O–H groups in total. The first-order valence-corrected chi connectivity index (χ1v) is 6.02. The van der Waals surface area contributed by atoms with Crippen molar-refractivity contribution in [1.82, 2.24) is 14.8 Å². The van der Waals surface area contributed by atoms with Crippen molar-refractivity contribution >= 4 is 0 Å². The third-order valence-corrected chi connectivity index (χ3v) is 3.30. The van der Waals surface area contributed by atoms with Crippen molar-refractivity contribution in [3.63, 3.8) is 0 Å². The number of hydrogen-bond acceptors (Lipinski definition) is 4. The van der Waals surface area contributed by atoms with Crippen LogP contribution in [0.4, 0.5) is 8.78 Å². The van der Waals surface area contributed by atoms with Crippen molar-refractivity contribution in [3.8, 4) is 0 Å². The van der Waals surface area contributed by atoms with Gasteiger partial charge in [-0.3, -0.25) is 0 Å². The molecule has 0 aliphatic carbocycles. The Labute approximate surface area is 118 Å². The summed E-state index contributed by atoms with van der Waals surface area (Å²) in [4.78, 5) is 6.33. The highest BCUT2D eigenvalue weighted by molar-refractivity contribution is 5.27. The molecule has 110 valence electrons. The van der Waals surface area contributed by atoms with Crippen molar-refractivity contribution in [3.05, 3.63) is 58.5 Å². The Morgan fingerprint density at radius 1 is 1.52 bits per heavy atom. The maximum absolute atomic E-state index is 14.0. The summed E-state index contributed by atoms with van der Waals surface area (Å²) >= 11 is 0. The lowest BCUT2D eigenvalue weighted by molar-refractivity contribution is -0.00991. The fourth-order valence-corrected chi connectivity index (χ4v) is 2.06. The van der Waals surface area contributed by atoms with Gasteiger partial charge in [0.15, 0.2) is 0 Å². The zero-order valence-electron chi connectivity index (χ0n) is 11.1. The molecule has 0 spiro atoms. The number of hydrogen-bond donors (Lipinski definition) is 1. The van der Waals surface area contributed by atoms with Gasteiger partial charge in [0.25, 0.3) is 0 Å². The Balaban J connectivity index is 2.52. The van der Waals surface area contributed by atoms with Gasteiger partial charge < -0.3 is 5.11 Å². The number of nitrogens with zero attached hydrogens (tertiary/aromatic N) is 6. The van der Waals surface area contributed by atoms with Crippen LogP contribution in [0.1, 0.15) is 18.5 Å². The fourth-order valence-electron chi connectivity index (χ4n) is 2.06. The Morgan fingerprint density at radius 3 is 2.86 bits per heavy atom. The fraction of sp³-hybridized carbons (Fsp3) is 0.333. The molecule has 0 aliphatic rings. The van der Waals surface area contributed by atoms with Gasteiger partial charge >= 0.3 is 0 Å². The molecule has 7 nitrogen and oxygen atoms in total. The summed E-state index contributed by atoms with van der Waals surface area (Å²) in [5.41, 5.74) is 6.39. The highest BCUT2D eigenvalue weighted by Crippen LogP contribution is 2.35. The van der Waals surface area contributed by atoms with Gasteiger partial charge in [-0.15, -0.1) is 0 Å². The molecule has 0 bridgehead atoms. The summed E-state index contributed by atoms with van der Waals surface area (Å²) in [5.74, 6) is -1.70. The van der Waals surface area contributed by atoms with Crippen LogP contribution in [0.2, 0.25) is 0 Å². The van der Waals surface area contributed by atoms with Gasteiger partial charge in [-0.2, -0.15) is 5.10 Å². The van der Waals surface area contributed by atoms with Crippen LogP contribution < -0.4 is 0 Å². The second-order valence-corrected chi connectivity index (χ2v) is 4.49. The maximum atomic E-state index is 14.0. The van der Waals surface area contributed by atoms with Gasteiger partial charge in [0, 0.05) is 16.5 Å². The Bertz CT molecular complexity index is 670. The highest BCUT2D eigenvalue weighted by Gasteiger charge is 2.39. The molecule has 0 amide bonds. The molecular weight excluding hydrogens is 282 g/mol. The van der Waals surface area contributed by atoms with E-state index in [1.165, 1.54) is 17.3 Å². The quantitative estimate of drug-likeness (QED) is 0.520. The first kappa shape index (κ1) is 14.9. The molecule has 1 aromatic carbocycles. The van der Waals surface area contributed by atoms with Crippen LogP contribution in [0.15, 0.2) is 36.0 Å². The molecule has 21 heavy (non-hydrogen) atoms. The SMILES string of the molecule is CC(n1cncn1)C(O)(CN=[N+]=[N-])c1ccc(F)cc1F. The van der Waals surface area contributed by atoms with E-state index in [0.717, 1.165) is 12.1 Å². The molecule has 2 unspecified atom stereocenters. The summed E-state index contributed by atoms with van der Waals surface area (Å²) in [6.45, 7) is 1.12. The standard InChI is InChI=1S/C12H12F2N6O/c1-8(20-7-16-6-18-20)12(21,5-17-19-15)10-3-2-9(13)4-11(10)14/h2-4,6-8,21H,5H2,1H3. The minimum atomic E-state index is -1.89.